The van der Waals surface area contributed by atoms with E-state index in [1.165, 1.54) is 6.92 Å². The molecule has 0 atom stereocenters. The van der Waals surface area contributed by atoms with Gasteiger partial charge in [0.1, 0.15) is 5.69 Å². The van der Waals surface area contributed by atoms with E-state index in [9.17, 15) is 22.8 Å². The van der Waals surface area contributed by atoms with Crippen LogP contribution in [0.25, 0.3) is 0 Å². The van der Waals surface area contributed by atoms with Crippen molar-refractivity contribution < 1.29 is 22.8 Å². The number of ketones is 1. The molecule has 0 aromatic carbocycles. The van der Waals surface area contributed by atoms with Gasteiger partial charge in [-0.25, -0.2) is 4.98 Å². The number of carbonyl (C=O) groups excluding carboxylic acids is 2. The number of nitrogens with zero attached hydrogens (tertiary/aromatic N) is 1. The average Bonchev–Trinajstić information content (AvgIpc) is 2.86. The van der Waals surface area contributed by atoms with Crippen LogP contribution in [0.4, 0.5) is 18.3 Å². The first kappa shape index (κ1) is 15.9. The minimum absolute atomic E-state index is 0.0157. The van der Waals surface area contributed by atoms with Crippen molar-refractivity contribution in [1.29, 1.82) is 0 Å². The van der Waals surface area contributed by atoms with Gasteiger partial charge in [-0.2, -0.15) is 13.2 Å². The van der Waals surface area contributed by atoms with Crippen molar-refractivity contribution in [2.24, 2.45) is 11.8 Å². The zero-order valence-electron chi connectivity index (χ0n) is 11.4. The summed E-state index contributed by atoms with van der Waals surface area (Å²) in [6, 6.07) is 0. The molecule has 0 aliphatic heterocycles. The highest BCUT2D eigenvalue weighted by Gasteiger charge is 2.42. The molecule has 1 aliphatic rings. The molecule has 1 N–H and O–H groups in total. The second kappa shape index (κ2) is 6.13. The van der Waals surface area contributed by atoms with E-state index in [-0.39, 0.29) is 43.1 Å². The largest absolute Gasteiger partial charge is 0.391 e. The number of anilines is 1. The molecule has 1 fully saturated rings. The molecule has 0 unspecified atom stereocenters. The van der Waals surface area contributed by atoms with Crippen LogP contribution < -0.4 is 5.32 Å². The summed E-state index contributed by atoms with van der Waals surface area (Å²) >= 11 is 1.13. The molecule has 1 aliphatic carbocycles. The number of alkyl halides is 3. The Kier molecular flexibility index (Phi) is 4.65. The van der Waals surface area contributed by atoms with Gasteiger partial charge in [0, 0.05) is 18.2 Å². The molecule has 0 radical (unpaired) electrons. The number of amides is 1. The van der Waals surface area contributed by atoms with Crippen LogP contribution >= 0.6 is 11.3 Å². The molecule has 0 saturated heterocycles. The summed E-state index contributed by atoms with van der Waals surface area (Å²) in [4.78, 5) is 27.0. The smallest absolute Gasteiger partial charge is 0.302 e. The highest BCUT2D eigenvalue weighted by molar-refractivity contribution is 7.14. The third-order valence-corrected chi connectivity index (χ3v) is 4.41. The van der Waals surface area contributed by atoms with E-state index in [2.05, 4.69) is 10.3 Å². The molecule has 0 bridgehead atoms. The Morgan fingerprint density at radius 1 is 1.29 bits per heavy atom. The quantitative estimate of drug-likeness (QED) is 0.865. The first-order valence-corrected chi connectivity index (χ1v) is 7.49. The summed E-state index contributed by atoms with van der Waals surface area (Å²) in [7, 11) is 0. The topological polar surface area (TPSA) is 59.1 Å². The van der Waals surface area contributed by atoms with Gasteiger partial charge in [-0.05, 0) is 25.7 Å². The van der Waals surface area contributed by atoms with Crippen LogP contribution in [-0.4, -0.2) is 22.9 Å². The maximum atomic E-state index is 12.6. The van der Waals surface area contributed by atoms with Crippen molar-refractivity contribution in [1.82, 2.24) is 4.98 Å². The highest BCUT2D eigenvalue weighted by atomic mass is 32.1. The van der Waals surface area contributed by atoms with Crippen molar-refractivity contribution in [2.45, 2.75) is 38.8 Å². The maximum absolute atomic E-state index is 12.6. The van der Waals surface area contributed by atoms with Crippen molar-refractivity contribution in [3.8, 4) is 0 Å². The molecular weight excluding hydrogens is 305 g/mol. The summed E-state index contributed by atoms with van der Waals surface area (Å²) in [6.45, 7) is 1.37. The number of hydrogen-bond donors (Lipinski definition) is 1. The minimum Gasteiger partial charge on any atom is -0.302 e. The molecule has 0 spiro atoms. The Labute approximate surface area is 123 Å². The zero-order valence-corrected chi connectivity index (χ0v) is 12.2. The summed E-state index contributed by atoms with van der Waals surface area (Å²) < 4.78 is 37.7. The van der Waals surface area contributed by atoms with Crippen molar-refractivity contribution in [3.63, 3.8) is 0 Å². The fourth-order valence-corrected chi connectivity index (χ4v) is 3.14. The summed E-state index contributed by atoms with van der Waals surface area (Å²) in [5.74, 6) is -2.24. The van der Waals surface area contributed by atoms with Crippen molar-refractivity contribution in [3.05, 3.63) is 11.1 Å². The summed E-state index contributed by atoms with van der Waals surface area (Å²) in [5, 5.41) is 4.42. The van der Waals surface area contributed by atoms with Gasteiger partial charge >= 0.3 is 6.18 Å². The van der Waals surface area contributed by atoms with Crippen LogP contribution in [0.2, 0.25) is 0 Å². The van der Waals surface area contributed by atoms with Gasteiger partial charge < -0.3 is 5.32 Å². The van der Waals surface area contributed by atoms with Gasteiger partial charge in [0.2, 0.25) is 5.91 Å². The Morgan fingerprint density at radius 3 is 2.38 bits per heavy atom. The number of thiazole rings is 1. The zero-order chi connectivity index (χ0) is 15.6. The van der Waals surface area contributed by atoms with E-state index in [1.54, 1.807) is 5.38 Å². The molecule has 4 nitrogen and oxygen atoms in total. The predicted molar refractivity (Wildman–Crippen MR) is 72.3 cm³/mol. The Bertz CT molecular complexity index is 534. The van der Waals surface area contributed by atoms with Gasteiger partial charge in [0.15, 0.2) is 10.9 Å². The molecular formula is C13H15F3N2O2S. The molecule has 2 rings (SSSR count). The van der Waals surface area contributed by atoms with Crippen LogP contribution in [0, 0.1) is 11.8 Å². The number of hydrogen-bond acceptors (Lipinski definition) is 4. The van der Waals surface area contributed by atoms with E-state index >= 15 is 0 Å². The van der Waals surface area contributed by atoms with E-state index < -0.39 is 18.0 Å². The van der Waals surface area contributed by atoms with E-state index in [1.807, 2.05) is 0 Å². The first-order chi connectivity index (χ1) is 9.77. The lowest BCUT2D eigenvalue weighted by Crippen LogP contribution is -2.32. The number of nitrogens with one attached hydrogen (secondary N) is 1. The van der Waals surface area contributed by atoms with Crippen LogP contribution in [-0.2, 0) is 4.79 Å². The molecule has 8 heteroatoms. The number of Topliss-reactive ketones (excluding diaryl/α,β-unsaturated/α-hetero) is 1. The van der Waals surface area contributed by atoms with Crippen molar-refractivity contribution >= 4 is 28.2 Å². The van der Waals surface area contributed by atoms with Gasteiger partial charge in [0.05, 0.1) is 5.92 Å². The second-order valence-electron chi connectivity index (χ2n) is 5.17. The fraction of sp³-hybridized carbons (Fsp3) is 0.615. The van der Waals surface area contributed by atoms with Gasteiger partial charge in [-0.15, -0.1) is 11.3 Å². The monoisotopic (exact) mass is 320 g/mol. The number of halogens is 3. The number of carbonyl (C=O) groups is 2. The normalized spacial score (nSPS) is 22.9. The third-order valence-electron chi connectivity index (χ3n) is 3.66. The SMILES string of the molecule is CC(=O)c1csc(NC(=O)C2CCC(C(F)(F)F)CC2)n1. The van der Waals surface area contributed by atoms with Gasteiger partial charge in [-0.1, -0.05) is 0 Å². The third kappa shape index (κ3) is 4.03. The van der Waals surface area contributed by atoms with Gasteiger partial charge in [0.25, 0.3) is 0 Å². The Hall–Kier alpha value is -1.44. The molecule has 1 aromatic rings. The highest BCUT2D eigenvalue weighted by Crippen LogP contribution is 2.39. The Balaban J connectivity index is 1.88. The molecule has 116 valence electrons. The van der Waals surface area contributed by atoms with Crippen LogP contribution in [0.3, 0.4) is 0 Å². The predicted octanol–water partition coefficient (Wildman–Crippen LogP) is 3.65. The second-order valence-corrected chi connectivity index (χ2v) is 6.03. The maximum Gasteiger partial charge on any atom is 0.391 e. The van der Waals surface area contributed by atoms with Crippen LogP contribution in [0.15, 0.2) is 5.38 Å². The summed E-state index contributed by atoms with van der Waals surface area (Å²) in [5.41, 5.74) is 0.274. The lowest BCUT2D eigenvalue weighted by Gasteiger charge is -2.28. The lowest BCUT2D eigenvalue weighted by molar-refractivity contribution is -0.184. The molecule has 1 amide bonds. The molecule has 1 saturated carbocycles. The first-order valence-electron chi connectivity index (χ1n) is 6.61. The van der Waals surface area contributed by atoms with Gasteiger partial charge in [-0.3, -0.25) is 9.59 Å². The van der Waals surface area contributed by atoms with E-state index in [0.29, 0.717) is 5.13 Å². The average molecular weight is 320 g/mol. The van der Waals surface area contributed by atoms with Crippen LogP contribution in [0.5, 0.6) is 0 Å². The minimum atomic E-state index is -4.17. The molecule has 1 heterocycles. The van der Waals surface area contributed by atoms with E-state index in [0.717, 1.165) is 11.3 Å². The number of aromatic nitrogens is 1. The fourth-order valence-electron chi connectivity index (χ4n) is 2.38. The van der Waals surface area contributed by atoms with Crippen molar-refractivity contribution in [2.75, 3.05) is 5.32 Å². The van der Waals surface area contributed by atoms with E-state index in [4.69, 9.17) is 0 Å². The van der Waals surface area contributed by atoms with Crippen LogP contribution in [0.1, 0.15) is 43.1 Å². The molecule has 21 heavy (non-hydrogen) atoms. The lowest BCUT2D eigenvalue weighted by atomic mass is 9.81. The summed E-state index contributed by atoms with van der Waals surface area (Å²) in [6.07, 6.45) is -3.76. The number of rotatable bonds is 3. The molecule has 1 aromatic heterocycles. The Morgan fingerprint density at radius 2 is 1.90 bits per heavy atom. The standard InChI is InChI=1S/C13H15F3N2O2S/c1-7(19)10-6-21-12(17-10)18-11(20)8-2-4-9(5-3-8)13(14,15)16/h6,8-9H,2-5H2,1H3,(H,17,18,20).